The first-order chi connectivity index (χ1) is 13.2. The van der Waals surface area contributed by atoms with Crippen molar-refractivity contribution in [3.63, 3.8) is 0 Å². The van der Waals surface area contributed by atoms with E-state index < -0.39 is 10.0 Å². The normalized spacial score (nSPS) is 11.5. The number of carbonyl (C=O) groups is 1. The largest absolute Gasteiger partial charge is 0.497 e. The zero-order valence-electron chi connectivity index (χ0n) is 16.7. The van der Waals surface area contributed by atoms with Crippen LogP contribution in [0.1, 0.15) is 29.8 Å². The summed E-state index contributed by atoms with van der Waals surface area (Å²) in [5.41, 5.74) is 1.14. The average Bonchev–Trinajstić information content (AvgIpc) is 2.70. The summed E-state index contributed by atoms with van der Waals surface area (Å²) in [4.78, 5) is 12.6. The molecule has 0 unspecified atom stereocenters. The Morgan fingerprint density at radius 3 is 2.25 bits per heavy atom. The summed E-state index contributed by atoms with van der Waals surface area (Å²) in [5.74, 6) is 0.985. The number of amides is 1. The number of ether oxygens (including phenoxy) is 2. The monoisotopic (exact) mass is 406 g/mol. The van der Waals surface area contributed by atoms with Crippen LogP contribution in [-0.2, 0) is 16.6 Å². The van der Waals surface area contributed by atoms with Gasteiger partial charge in [-0.2, -0.15) is 4.31 Å². The van der Waals surface area contributed by atoms with Crippen LogP contribution in [0.3, 0.4) is 0 Å². The Labute approximate surface area is 166 Å². The lowest BCUT2D eigenvalue weighted by Crippen LogP contribution is -2.33. The number of rotatable bonds is 8. The molecule has 0 saturated heterocycles. The number of carbonyl (C=O) groups excluding carboxylic acids is 1. The Kier molecular flexibility index (Phi) is 7.04. The van der Waals surface area contributed by atoms with E-state index in [1.54, 1.807) is 46.3 Å². The van der Waals surface area contributed by atoms with Gasteiger partial charge in [-0.15, -0.1) is 0 Å². The van der Waals surface area contributed by atoms with Crippen LogP contribution >= 0.6 is 0 Å². The maximum absolute atomic E-state index is 12.5. The fraction of sp³-hybridized carbons (Fsp3) is 0.350. The number of nitrogens with zero attached hydrogens (tertiary/aromatic N) is 1. The minimum Gasteiger partial charge on any atom is -0.497 e. The summed E-state index contributed by atoms with van der Waals surface area (Å²) in [6, 6.07) is 11.0. The molecular weight excluding hydrogens is 380 g/mol. The zero-order valence-corrected chi connectivity index (χ0v) is 17.5. The van der Waals surface area contributed by atoms with Gasteiger partial charge in [-0.25, -0.2) is 8.42 Å². The highest BCUT2D eigenvalue weighted by atomic mass is 32.2. The van der Waals surface area contributed by atoms with Gasteiger partial charge in [0.25, 0.3) is 5.91 Å². The molecule has 0 aromatic heterocycles. The lowest BCUT2D eigenvalue weighted by Gasteiger charge is -2.21. The van der Waals surface area contributed by atoms with Crippen LogP contribution in [-0.4, -0.2) is 45.9 Å². The molecule has 1 N–H and O–H groups in total. The third-order valence-corrected chi connectivity index (χ3v) is 6.50. The van der Waals surface area contributed by atoms with Crippen LogP contribution < -0.4 is 14.8 Å². The lowest BCUT2D eigenvalue weighted by atomic mass is 10.1. The summed E-state index contributed by atoms with van der Waals surface area (Å²) in [5, 5.41) is 2.81. The number of hydrogen-bond donors (Lipinski definition) is 1. The van der Waals surface area contributed by atoms with E-state index >= 15 is 0 Å². The van der Waals surface area contributed by atoms with Crippen molar-refractivity contribution in [1.82, 2.24) is 9.62 Å². The molecular formula is C20H26N2O5S. The molecule has 0 aliphatic rings. The molecule has 1 amide bonds. The fourth-order valence-corrected chi connectivity index (χ4v) is 3.89. The van der Waals surface area contributed by atoms with E-state index in [4.69, 9.17) is 9.47 Å². The van der Waals surface area contributed by atoms with Crippen molar-refractivity contribution in [3.05, 3.63) is 53.6 Å². The second-order valence-corrected chi connectivity index (χ2v) is 8.50. The first kappa shape index (κ1) is 21.7. The minimum absolute atomic E-state index is 0.148. The summed E-state index contributed by atoms with van der Waals surface area (Å²) < 4.78 is 36.8. The number of methoxy groups -OCH3 is 2. The molecule has 0 aliphatic heterocycles. The number of sulfonamides is 1. The maximum atomic E-state index is 12.5. The van der Waals surface area contributed by atoms with Gasteiger partial charge >= 0.3 is 0 Å². The van der Waals surface area contributed by atoms with Crippen LogP contribution in [0.5, 0.6) is 11.5 Å². The summed E-state index contributed by atoms with van der Waals surface area (Å²) >= 11 is 0. The Balaban J connectivity index is 2.12. The van der Waals surface area contributed by atoms with Crippen LogP contribution in [0.2, 0.25) is 0 Å². The molecule has 7 nitrogen and oxygen atoms in total. The number of hydrogen-bond acceptors (Lipinski definition) is 5. The highest BCUT2D eigenvalue weighted by molar-refractivity contribution is 7.89. The van der Waals surface area contributed by atoms with Gasteiger partial charge in [-0.1, -0.05) is 0 Å². The van der Waals surface area contributed by atoms with E-state index in [2.05, 4.69) is 5.32 Å². The van der Waals surface area contributed by atoms with E-state index in [0.29, 0.717) is 17.1 Å². The topological polar surface area (TPSA) is 84.9 Å². The van der Waals surface area contributed by atoms with Gasteiger partial charge in [-0.05, 0) is 56.3 Å². The van der Waals surface area contributed by atoms with Crippen molar-refractivity contribution < 1.29 is 22.7 Å². The molecule has 2 rings (SSSR count). The van der Waals surface area contributed by atoms with Gasteiger partial charge in [-0.3, -0.25) is 4.79 Å². The minimum atomic E-state index is -3.58. The van der Waals surface area contributed by atoms with Crippen molar-refractivity contribution in [3.8, 4) is 11.5 Å². The van der Waals surface area contributed by atoms with Gasteiger partial charge < -0.3 is 14.8 Å². The third-order valence-electron chi connectivity index (χ3n) is 4.45. The standard InChI is InChI=1S/C20H26N2O5S/c1-14(2)22(3)28(24,25)18-9-6-15(7-10-18)20(23)21-13-16-12-17(26-4)8-11-19(16)27-5/h6-12,14H,13H2,1-5H3,(H,21,23). The van der Waals surface area contributed by atoms with E-state index in [0.717, 1.165) is 5.56 Å². The molecule has 0 aliphatic carbocycles. The second-order valence-electron chi connectivity index (χ2n) is 6.50. The molecule has 0 heterocycles. The summed E-state index contributed by atoms with van der Waals surface area (Å²) in [7, 11) is 1.07. The molecule has 0 fully saturated rings. The molecule has 0 spiro atoms. The molecule has 0 atom stereocenters. The highest BCUT2D eigenvalue weighted by Gasteiger charge is 2.23. The highest BCUT2D eigenvalue weighted by Crippen LogP contribution is 2.24. The Morgan fingerprint density at radius 2 is 1.71 bits per heavy atom. The number of benzene rings is 2. The Hall–Kier alpha value is -2.58. The first-order valence-electron chi connectivity index (χ1n) is 8.78. The van der Waals surface area contributed by atoms with Crippen LogP contribution in [0, 0.1) is 0 Å². The molecule has 2 aromatic rings. The lowest BCUT2D eigenvalue weighted by molar-refractivity contribution is 0.0950. The molecule has 0 saturated carbocycles. The van der Waals surface area contributed by atoms with E-state index in [-0.39, 0.29) is 23.4 Å². The van der Waals surface area contributed by atoms with Gasteiger partial charge in [0.1, 0.15) is 11.5 Å². The van der Waals surface area contributed by atoms with Crippen molar-refractivity contribution in [2.75, 3.05) is 21.3 Å². The van der Waals surface area contributed by atoms with Crippen LogP contribution in [0.15, 0.2) is 47.4 Å². The molecule has 2 aromatic carbocycles. The number of nitrogens with one attached hydrogen (secondary N) is 1. The van der Waals surface area contributed by atoms with Crippen LogP contribution in [0.25, 0.3) is 0 Å². The average molecular weight is 407 g/mol. The predicted octanol–water partition coefficient (Wildman–Crippen LogP) is 2.66. The first-order valence-corrected chi connectivity index (χ1v) is 10.2. The third kappa shape index (κ3) is 4.82. The zero-order chi connectivity index (χ0) is 20.9. The van der Waals surface area contributed by atoms with Crippen molar-refractivity contribution in [1.29, 1.82) is 0 Å². The fourth-order valence-electron chi connectivity index (χ4n) is 2.52. The molecule has 152 valence electrons. The van der Waals surface area contributed by atoms with Gasteiger partial charge in [0.15, 0.2) is 0 Å². The SMILES string of the molecule is COc1ccc(OC)c(CNC(=O)c2ccc(S(=O)(=O)N(C)C(C)C)cc2)c1. The Bertz CT molecular complexity index is 924. The maximum Gasteiger partial charge on any atom is 0.251 e. The predicted molar refractivity (Wildman–Crippen MR) is 107 cm³/mol. The smallest absolute Gasteiger partial charge is 0.251 e. The van der Waals surface area contributed by atoms with Gasteiger partial charge in [0.05, 0.1) is 19.1 Å². The molecule has 28 heavy (non-hydrogen) atoms. The molecule has 0 radical (unpaired) electrons. The van der Waals surface area contributed by atoms with Crippen molar-refractivity contribution in [2.24, 2.45) is 0 Å². The van der Waals surface area contributed by atoms with E-state index in [1.165, 1.54) is 35.6 Å². The van der Waals surface area contributed by atoms with E-state index in [9.17, 15) is 13.2 Å². The van der Waals surface area contributed by atoms with Crippen molar-refractivity contribution >= 4 is 15.9 Å². The van der Waals surface area contributed by atoms with Crippen molar-refractivity contribution in [2.45, 2.75) is 31.3 Å². The second kappa shape index (κ2) is 9.07. The quantitative estimate of drug-likeness (QED) is 0.729. The molecule has 8 heteroatoms. The Morgan fingerprint density at radius 1 is 1.07 bits per heavy atom. The summed E-state index contributed by atoms with van der Waals surface area (Å²) in [6.45, 7) is 3.84. The van der Waals surface area contributed by atoms with E-state index in [1.807, 2.05) is 0 Å². The summed E-state index contributed by atoms with van der Waals surface area (Å²) in [6.07, 6.45) is 0. The van der Waals surface area contributed by atoms with Gasteiger partial charge in [0, 0.05) is 30.8 Å². The molecule has 0 bridgehead atoms. The van der Waals surface area contributed by atoms with Gasteiger partial charge in [0.2, 0.25) is 10.0 Å². The van der Waals surface area contributed by atoms with Crippen LogP contribution in [0.4, 0.5) is 0 Å².